The summed E-state index contributed by atoms with van der Waals surface area (Å²) in [5, 5.41) is 0. The number of hydrogen-bond donors (Lipinski definition) is 0. The molecule has 0 saturated heterocycles. The van der Waals surface area contributed by atoms with Gasteiger partial charge in [-0.1, -0.05) is 58.3 Å². The Morgan fingerprint density at radius 2 is 1.18 bits per heavy atom. The molecule has 0 fully saturated rings. The van der Waals surface area contributed by atoms with Crippen LogP contribution in [-0.2, 0) is 19.6 Å². The summed E-state index contributed by atoms with van der Waals surface area (Å²) >= 11 is 0. The van der Waals surface area contributed by atoms with E-state index in [2.05, 4.69) is 6.92 Å². The molecule has 0 aromatic heterocycles. The maximum absolute atomic E-state index is 10.3. The summed E-state index contributed by atoms with van der Waals surface area (Å²) in [5.74, 6) is -0.467. The van der Waals surface area contributed by atoms with Crippen molar-refractivity contribution >= 4 is 10.1 Å². The normalized spacial score (nSPS) is 11.4. The smallest absolute Gasteiger partial charge is 0.748 e. The molecule has 0 N–H and O–H groups in total. The minimum atomic E-state index is -4.16. The van der Waals surface area contributed by atoms with Crippen LogP contribution in [0.5, 0.6) is 0 Å². The van der Waals surface area contributed by atoms with Gasteiger partial charge in [-0.05, 0) is 6.42 Å². The average molecular weight is 346 g/mol. The Bertz CT molecular complexity index is 309. The van der Waals surface area contributed by atoms with E-state index in [0.29, 0.717) is 13.2 Å². The Morgan fingerprint density at radius 1 is 0.727 bits per heavy atom. The quantitative estimate of drug-likeness (QED) is 0.225. The fourth-order valence-corrected chi connectivity index (χ4v) is 2.32. The zero-order chi connectivity index (χ0) is 15.8. The number of hydrogen-bond acceptors (Lipinski definition) is 5. The first-order valence-electron chi connectivity index (χ1n) is 8.15. The van der Waals surface area contributed by atoms with Crippen LogP contribution in [0.3, 0.4) is 0 Å². The topological polar surface area (TPSA) is 75.7 Å². The Morgan fingerprint density at radius 3 is 1.68 bits per heavy atom. The summed E-state index contributed by atoms with van der Waals surface area (Å²) < 4.78 is 41.3. The SMILES string of the molecule is CCCCCCCCCCCOCCOCCS(=O)(=O)[O-].[Na+]. The molecule has 0 aliphatic rings. The average Bonchev–Trinajstić information content (AvgIpc) is 2.42. The molecule has 0 spiro atoms. The molecule has 0 radical (unpaired) electrons. The molecular weight excluding hydrogens is 315 g/mol. The fourth-order valence-electron chi connectivity index (χ4n) is 2.00. The molecule has 7 heteroatoms. The van der Waals surface area contributed by atoms with Crippen molar-refractivity contribution in [3.63, 3.8) is 0 Å². The second-order valence-electron chi connectivity index (χ2n) is 5.31. The zero-order valence-electron chi connectivity index (χ0n) is 14.3. The largest absolute Gasteiger partial charge is 1.00 e. The Kier molecular flexibility index (Phi) is 20.7. The van der Waals surface area contributed by atoms with Crippen LogP contribution in [0.1, 0.15) is 64.7 Å². The molecule has 0 saturated carbocycles. The van der Waals surface area contributed by atoms with E-state index in [9.17, 15) is 13.0 Å². The van der Waals surface area contributed by atoms with E-state index >= 15 is 0 Å². The van der Waals surface area contributed by atoms with Gasteiger partial charge in [0.2, 0.25) is 0 Å². The monoisotopic (exact) mass is 346 g/mol. The molecule has 0 aromatic rings. The Balaban J connectivity index is 0. The molecule has 0 aliphatic heterocycles. The van der Waals surface area contributed by atoms with Gasteiger partial charge in [0.1, 0.15) is 0 Å². The van der Waals surface area contributed by atoms with Crippen LogP contribution in [0, 0.1) is 0 Å². The van der Waals surface area contributed by atoms with Crippen molar-refractivity contribution in [2.24, 2.45) is 0 Å². The molecule has 0 aliphatic carbocycles. The molecule has 128 valence electrons. The van der Waals surface area contributed by atoms with Crippen molar-refractivity contribution in [1.82, 2.24) is 0 Å². The second-order valence-corrected chi connectivity index (χ2v) is 6.84. The zero-order valence-corrected chi connectivity index (χ0v) is 17.2. The van der Waals surface area contributed by atoms with Gasteiger partial charge < -0.3 is 14.0 Å². The molecule has 0 amide bonds. The maximum Gasteiger partial charge on any atom is 1.00 e. The van der Waals surface area contributed by atoms with Crippen LogP contribution in [0.4, 0.5) is 0 Å². The van der Waals surface area contributed by atoms with Gasteiger partial charge in [-0.25, -0.2) is 8.42 Å². The molecule has 0 unspecified atom stereocenters. The summed E-state index contributed by atoms with van der Waals surface area (Å²) in [5.41, 5.74) is 0. The predicted octanol–water partition coefficient (Wildman–Crippen LogP) is 0.0996. The van der Waals surface area contributed by atoms with E-state index in [-0.39, 0.29) is 36.2 Å². The third kappa shape index (κ3) is 23.1. The Hall–Kier alpha value is 0.830. The van der Waals surface area contributed by atoms with Gasteiger partial charge >= 0.3 is 29.6 Å². The van der Waals surface area contributed by atoms with Gasteiger partial charge in [-0.3, -0.25) is 0 Å². The van der Waals surface area contributed by atoms with E-state index in [4.69, 9.17) is 9.47 Å². The van der Waals surface area contributed by atoms with Crippen LogP contribution in [0.25, 0.3) is 0 Å². The molecular formula is C15H31NaO5S. The molecule has 0 rings (SSSR count). The fraction of sp³-hybridized carbons (Fsp3) is 1.00. The van der Waals surface area contributed by atoms with E-state index in [1.165, 1.54) is 51.4 Å². The number of ether oxygens (including phenoxy) is 2. The van der Waals surface area contributed by atoms with E-state index in [1.807, 2.05) is 0 Å². The third-order valence-electron chi connectivity index (χ3n) is 3.24. The van der Waals surface area contributed by atoms with Crippen molar-refractivity contribution in [2.75, 3.05) is 32.2 Å². The summed E-state index contributed by atoms with van der Waals surface area (Å²) in [6, 6.07) is 0. The standard InChI is InChI=1S/C15H32O5S.Na/c1-2-3-4-5-6-7-8-9-10-11-19-12-13-20-14-15-21(16,17)18;/h2-15H2,1H3,(H,16,17,18);/q;+1/p-1. The molecule has 0 atom stereocenters. The van der Waals surface area contributed by atoms with Gasteiger partial charge in [0.05, 0.1) is 35.7 Å². The number of rotatable bonds is 16. The van der Waals surface area contributed by atoms with E-state index in [1.54, 1.807) is 0 Å². The van der Waals surface area contributed by atoms with Gasteiger partial charge in [-0.15, -0.1) is 0 Å². The first kappa shape index (κ1) is 25.1. The van der Waals surface area contributed by atoms with Crippen molar-refractivity contribution in [1.29, 1.82) is 0 Å². The van der Waals surface area contributed by atoms with Crippen molar-refractivity contribution < 1.29 is 52.0 Å². The first-order valence-corrected chi connectivity index (χ1v) is 9.73. The van der Waals surface area contributed by atoms with Crippen molar-refractivity contribution in [3.8, 4) is 0 Å². The van der Waals surface area contributed by atoms with Gasteiger partial charge in [-0.2, -0.15) is 0 Å². The number of unbranched alkanes of at least 4 members (excludes halogenated alkanes) is 8. The van der Waals surface area contributed by atoms with Crippen LogP contribution >= 0.6 is 0 Å². The third-order valence-corrected chi connectivity index (χ3v) is 3.91. The minimum Gasteiger partial charge on any atom is -0.748 e. The molecule has 0 aromatic carbocycles. The molecule has 22 heavy (non-hydrogen) atoms. The summed E-state index contributed by atoms with van der Waals surface area (Å²) in [4.78, 5) is 0. The molecule has 0 heterocycles. The Labute approximate surface area is 158 Å². The van der Waals surface area contributed by atoms with Gasteiger partial charge in [0.25, 0.3) is 0 Å². The molecule has 0 bridgehead atoms. The summed E-state index contributed by atoms with van der Waals surface area (Å²) in [7, 11) is -4.16. The van der Waals surface area contributed by atoms with E-state index < -0.39 is 15.9 Å². The van der Waals surface area contributed by atoms with Crippen LogP contribution in [0.15, 0.2) is 0 Å². The van der Waals surface area contributed by atoms with Gasteiger partial charge in [0.15, 0.2) is 0 Å². The van der Waals surface area contributed by atoms with Crippen LogP contribution in [-0.4, -0.2) is 45.2 Å². The molecule has 5 nitrogen and oxygen atoms in total. The van der Waals surface area contributed by atoms with Crippen molar-refractivity contribution in [2.45, 2.75) is 64.7 Å². The van der Waals surface area contributed by atoms with E-state index in [0.717, 1.165) is 13.0 Å². The van der Waals surface area contributed by atoms with Crippen molar-refractivity contribution in [3.05, 3.63) is 0 Å². The summed E-state index contributed by atoms with van der Waals surface area (Å²) in [6.45, 7) is 3.70. The predicted molar refractivity (Wildman–Crippen MR) is 83.4 cm³/mol. The van der Waals surface area contributed by atoms with Gasteiger partial charge in [0, 0.05) is 6.61 Å². The van der Waals surface area contributed by atoms with Crippen LogP contribution < -0.4 is 29.6 Å². The van der Waals surface area contributed by atoms with Crippen LogP contribution in [0.2, 0.25) is 0 Å². The second kappa shape index (κ2) is 18.2. The summed E-state index contributed by atoms with van der Waals surface area (Å²) in [6.07, 6.45) is 11.6. The first-order chi connectivity index (χ1) is 10.1. The minimum absolute atomic E-state index is 0. The maximum atomic E-state index is 10.3.